The lowest BCUT2D eigenvalue weighted by Gasteiger charge is -2.27. The smallest absolute Gasteiger partial charge is 0.337 e. The number of aromatic nitrogens is 1. The first-order chi connectivity index (χ1) is 16.7. The number of hydrogen-bond donors (Lipinski definition) is 1. The molecule has 0 spiro atoms. The van der Waals surface area contributed by atoms with Crippen LogP contribution < -0.4 is 4.74 Å². The third-order valence-electron chi connectivity index (χ3n) is 5.82. The highest BCUT2D eigenvalue weighted by molar-refractivity contribution is 7.14. The van der Waals surface area contributed by atoms with E-state index in [2.05, 4.69) is 4.98 Å². The SMILES string of the molecule is COC(=O)c1ccc(CN2C(=O)C(O)=C(C(=O)c3sc(C)nc3C)C2c2ccc(OC)cc2)cc1. The van der Waals surface area contributed by atoms with Gasteiger partial charge in [-0.05, 0) is 49.2 Å². The van der Waals surface area contributed by atoms with Gasteiger partial charge in [0.15, 0.2) is 5.76 Å². The number of aryl methyl sites for hydroxylation is 2. The molecule has 0 saturated carbocycles. The van der Waals surface area contributed by atoms with E-state index in [9.17, 15) is 19.5 Å². The molecule has 1 aromatic heterocycles. The average Bonchev–Trinajstić information content (AvgIpc) is 3.34. The van der Waals surface area contributed by atoms with Gasteiger partial charge in [0, 0.05) is 6.54 Å². The van der Waals surface area contributed by atoms with Crippen LogP contribution in [0.5, 0.6) is 5.75 Å². The Morgan fingerprint density at radius 3 is 2.26 bits per heavy atom. The largest absolute Gasteiger partial charge is 0.503 e. The van der Waals surface area contributed by atoms with Gasteiger partial charge in [0.25, 0.3) is 5.91 Å². The Balaban J connectivity index is 1.75. The first kappa shape index (κ1) is 24.2. The number of hydrogen-bond acceptors (Lipinski definition) is 8. The van der Waals surface area contributed by atoms with Gasteiger partial charge < -0.3 is 19.5 Å². The number of aliphatic hydroxyl groups excluding tert-OH is 1. The van der Waals surface area contributed by atoms with E-state index < -0.39 is 29.5 Å². The summed E-state index contributed by atoms with van der Waals surface area (Å²) >= 11 is 1.23. The molecule has 1 unspecified atom stereocenters. The Hall–Kier alpha value is -3.98. The second kappa shape index (κ2) is 9.71. The Labute approximate surface area is 206 Å². The molecule has 0 saturated heterocycles. The first-order valence-corrected chi connectivity index (χ1v) is 11.6. The van der Waals surface area contributed by atoms with Crippen molar-refractivity contribution in [3.05, 3.63) is 92.1 Å². The zero-order valence-corrected chi connectivity index (χ0v) is 20.5. The number of aliphatic hydroxyl groups is 1. The van der Waals surface area contributed by atoms with E-state index in [0.29, 0.717) is 27.4 Å². The van der Waals surface area contributed by atoms with E-state index in [-0.39, 0.29) is 12.1 Å². The third-order valence-corrected chi connectivity index (χ3v) is 6.89. The molecule has 0 fully saturated rings. The van der Waals surface area contributed by atoms with Crippen LogP contribution in [0.3, 0.4) is 0 Å². The second-order valence-electron chi connectivity index (χ2n) is 8.04. The zero-order valence-electron chi connectivity index (χ0n) is 19.7. The van der Waals surface area contributed by atoms with Crippen LogP contribution in [0.15, 0.2) is 59.9 Å². The fourth-order valence-electron chi connectivity index (χ4n) is 4.11. The van der Waals surface area contributed by atoms with Crippen LogP contribution in [-0.2, 0) is 16.1 Å². The maximum Gasteiger partial charge on any atom is 0.337 e. The van der Waals surface area contributed by atoms with Gasteiger partial charge >= 0.3 is 5.97 Å². The van der Waals surface area contributed by atoms with Gasteiger partial charge in [0.1, 0.15) is 5.75 Å². The fourth-order valence-corrected chi connectivity index (χ4v) is 4.98. The minimum absolute atomic E-state index is 0.0121. The number of rotatable bonds is 7. The van der Waals surface area contributed by atoms with Crippen molar-refractivity contribution in [2.45, 2.75) is 26.4 Å². The van der Waals surface area contributed by atoms with Crippen molar-refractivity contribution in [2.24, 2.45) is 0 Å². The maximum absolute atomic E-state index is 13.6. The van der Waals surface area contributed by atoms with E-state index in [0.717, 1.165) is 10.6 Å². The van der Waals surface area contributed by atoms with E-state index in [1.165, 1.54) is 23.3 Å². The molecule has 1 aliphatic rings. The number of amides is 1. The van der Waals surface area contributed by atoms with Gasteiger partial charge in [-0.25, -0.2) is 9.78 Å². The summed E-state index contributed by atoms with van der Waals surface area (Å²) in [5.41, 5.74) is 2.31. The standard InChI is InChI=1S/C26H24N2O6S/c1-14-24(35-15(2)27-14)22(29)20-21(17-9-11-19(33-3)12-10-17)28(25(31)23(20)30)13-16-5-7-18(8-6-16)26(32)34-4/h5-12,21,30H,13H2,1-4H3. The van der Waals surface area contributed by atoms with Crippen molar-refractivity contribution in [3.8, 4) is 5.75 Å². The van der Waals surface area contributed by atoms with Crippen LogP contribution in [0.2, 0.25) is 0 Å². The Morgan fingerprint density at radius 2 is 1.71 bits per heavy atom. The number of ether oxygens (including phenoxy) is 2. The van der Waals surface area contributed by atoms with Gasteiger partial charge in [0.2, 0.25) is 5.78 Å². The number of ketones is 1. The summed E-state index contributed by atoms with van der Waals surface area (Å²) < 4.78 is 9.98. The van der Waals surface area contributed by atoms with Crippen molar-refractivity contribution in [1.29, 1.82) is 0 Å². The number of methoxy groups -OCH3 is 2. The molecule has 2 aromatic carbocycles. The van der Waals surface area contributed by atoms with Crippen LogP contribution in [-0.4, -0.2) is 46.9 Å². The normalized spacial score (nSPS) is 15.5. The number of esters is 1. The van der Waals surface area contributed by atoms with E-state index in [1.807, 2.05) is 0 Å². The zero-order chi connectivity index (χ0) is 25.3. The molecule has 0 bridgehead atoms. The lowest BCUT2D eigenvalue weighted by molar-refractivity contribution is -0.130. The van der Waals surface area contributed by atoms with Crippen LogP contribution in [0.25, 0.3) is 0 Å². The topological polar surface area (TPSA) is 106 Å². The maximum atomic E-state index is 13.6. The highest BCUT2D eigenvalue weighted by atomic mass is 32.1. The highest BCUT2D eigenvalue weighted by Crippen LogP contribution is 2.41. The quantitative estimate of drug-likeness (QED) is 0.386. The minimum Gasteiger partial charge on any atom is -0.503 e. The molecular formula is C26H24N2O6S. The van der Waals surface area contributed by atoms with Crippen molar-refractivity contribution in [3.63, 3.8) is 0 Å². The lowest BCUT2D eigenvalue weighted by atomic mass is 9.94. The number of carbonyl (C=O) groups excluding carboxylic acids is 3. The second-order valence-corrected chi connectivity index (χ2v) is 9.24. The van der Waals surface area contributed by atoms with Crippen molar-refractivity contribution < 1.29 is 29.0 Å². The Morgan fingerprint density at radius 1 is 1.06 bits per heavy atom. The predicted molar refractivity (Wildman–Crippen MR) is 130 cm³/mol. The summed E-state index contributed by atoms with van der Waals surface area (Å²) in [6.07, 6.45) is 0. The predicted octanol–water partition coefficient (Wildman–Crippen LogP) is 4.33. The molecule has 180 valence electrons. The van der Waals surface area contributed by atoms with Crippen molar-refractivity contribution in [1.82, 2.24) is 9.88 Å². The van der Waals surface area contributed by atoms with Gasteiger partial charge in [0.05, 0.1) is 47.0 Å². The molecule has 9 heteroatoms. The van der Waals surface area contributed by atoms with Crippen LogP contribution >= 0.6 is 11.3 Å². The average molecular weight is 493 g/mol. The van der Waals surface area contributed by atoms with Gasteiger partial charge in [-0.2, -0.15) is 0 Å². The van der Waals surface area contributed by atoms with Crippen LogP contribution in [0, 0.1) is 13.8 Å². The monoisotopic (exact) mass is 492 g/mol. The molecule has 1 amide bonds. The lowest BCUT2D eigenvalue weighted by Crippen LogP contribution is -2.30. The van der Waals surface area contributed by atoms with Crippen LogP contribution in [0.4, 0.5) is 0 Å². The molecule has 1 aliphatic heterocycles. The molecule has 8 nitrogen and oxygen atoms in total. The van der Waals surface area contributed by atoms with E-state index in [4.69, 9.17) is 9.47 Å². The minimum atomic E-state index is -0.817. The molecule has 0 aliphatic carbocycles. The summed E-state index contributed by atoms with van der Waals surface area (Å²) in [7, 11) is 2.85. The molecule has 35 heavy (non-hydrogen) atoms. The van der Waals surface area contributed by atoms with Gasteiger partial charge in [-0.3, -0.25) is 9.59 Å². The van der Waals surface area contributed by atoms with E-state index in [1.54, 1.807) is 69.5 Å². The van der Waals surface area contributed by atoms with E-state index >= 15 is 0 Å². The summed E-state index contributed by atoms with van der Waals surface area (Å²) in [6, 6.07) is 12.8. The number of carbonyl (C=O) groups is 3. The van der Waals surface area contributed by atoms with Crippen LogP contribution in [0.1, 0.15) is 47.9 Å². The summed E-state index contributed by atoms with van der Waals surface area (Å²) in [5, 5.41) is 11.6. The fraction of sp³-hybridized carbons (Fsp3) is 0.231. The number of nitrogens with zero attached hydrogens (tertiary/aromatic N) is 2. The van der Waals surface area contributed by atoms with Gasteiger partial charge in [-0.15, -0.1) is 11.3 Å². The summed E-state index contributed by atoms with van der Waals surface area (Å²) in [5.74, 6) is -1.49. The van der Waals surface area contributed by atoms with Gasteiger partial charge in [-0.1, -0.05) is 24.3 Å². The molecule has 4 rings (SSSR count). The molecule has 1 atom stereocenters. The number of Topliss-reactive ketones (excluding diaryl/α,β-unsaturated/α-hetero) is 1. The number of benzene rings is 2. The molecule has 3 aromatic rings. The van der Waals surface area contributed by atoms with Crippen molar-refractivity contribution >= 4 is 29.0 Å². The molecule has 2 heterocycles. The first-order valence-electron chi connectivity index (χ1n) is 10.8. The molecular weight excluding hydrogens is 468 g/mol. The highest BCUT2D eigenvalue weighted by Gasteiger charge is 2.44. The Bertz CT molecular complexity index is 1320. The third kappa shape index (κ3) is 4.54. The Kier molecular flexibility index (Phi) is 6.70. The van der Waals surface area contributed by atoms with Crippen molar-refractivity contribution in [2.75, 3.05) is 14.2 Å². The molecule has 0 radical (unpaired) electrons. The number of thiazole rings is 1. The summed E-state index contributed by atoms with van der Waals surface area (Å²) in [6.45, 7) is 3.64. The summed E-state index contributed by atoms with van der Waals surface area (Å²) in [4.78, 5) is 44.7. The molecule has 1 N–H and O–H groups in total.